The van der Waals surface area contributed by atoms with E-state index in [9.17, 15) is 4.79 Å². The van der Waals surface area contributed by atoms with Crippen LogP contribution >= 0.6 is 12.2 Å². The second-order valence-corrected chi connectivity index (χ2v) is 6.50. The number of hydrogen-bond acceptors (Lipinski definition) is 5. The normalized spacial score (nSPS) is 10.9. The molecule has 0 aliphatic heterocycles. The number of hydrogen-bond donors (Lipinski definition) is 2. The molecule has 2 aromatic rings. The summed E-state index contributed by atoms with van der Waals surface area (Å²) in [5.41, 5.74) is 1.70. The van der Waals surface area contributed by atoms with Gasteiger partial charge in [0.05, 0.1) is 25.2 Å². The molecule has 136 valence electrons. The first kappa shape index (κ1) is 19.1. The number of unbranched alkanes of at least 4 members (excludes halogenated alkanes) is 2. The van der Waals surface area contributed by atoms with Gasteiger partial charge < -0.3 is 15.4 Å². The summed E-state index contributed by atoms with van der Waals surface area (Å²) in [5.74, 6) is -0.158. The summed E-state index contributed by atoms with van der Waals surface area (Å²) in [4.78, 5) is 15.5. The van der Waals surface area contributed by atoms with Gasteiger partial charge in [-0.2, -0.15) is 5.10 Å². The van der Waals surface area contributed by atoms with Gasteiger partial charge in [0.15, 0.2) is 10.8 Å². The number of thiocarbonyl (C=S) groups is 1. The molecule has 0 radical (unpaired) electrons. The standard InChI is InChI=1S/C17H25N5O2S/c1-12(2)22-16-13(10-20-22)9-14(11-19-16)21-17(25)18-8-6-4-5-7-15(23)24-3/h9-12H,4-8H2,1-3H3,(H2,18,21,25). The number of ether oxygens (including phenoxy) is 1. The lowest BCUT2D eigenvalue weighted by atomic mass is 10.2. The molecule has 0 amide bonds. The van der Waals surface area contributed by atoms with Gasteiger partial charge in [0.25, 0.3) is 0 Å². The summed E-state index contributed by atoms with van der Waals surface area (Å²) < 4.78 is 6.50. The van der Waals surface area contributed by atoms with Gasteiger partial charge in [0.2, 0.25) is 0 Å². The molecule has 0 unspecified atom stereocenters. The largest absolute Gasteiger partial charge is 0.469 e. The molecule has 0 spiro atoms. The van der Waals surface area contributed by atoms with Gasteiger partial charge in [-0.1, -0.05) is 6.42 Å². The summed E-state index contributed by atoms with van der Waals surface area (Å²) >= 11 is 5.30. The zero-order valence-electron chi connectivity index (χ0n) is 14.9. The smallest absolute Gasteiger partial charge is 0.305 e. The van der Waals surface area contributed by atoms with E-state index in [1.54, 1.807) is 6.20 Å². The van der Waals surface area contributed by atoms with Gasteiger partial charge in [0, 0.05) is 24.4 Å². The lowest BCUT2D eigenvalue weighted by molar-refractivity contribution is -0.140. The van der Waals surface area contributed by atoms with Crippen molar-refractivity contribution in [2.75, 3.05) is 19.0 Å². The minimum atomic E-state index is -0.158. The number of nitrogens with one attached hydrogen (secondary N) is 2. The summed E-state index contributed by atoms with van der Waals surface area (Å²) in [7, 11) is 1.41. The molecule has 2 rings (SSSR count). The average molecular weight is 363 g/mol. The highest BCUT2D eigenvalue weighted by Gasteiger charge is 2.08. The zero-order chi connectivity index (χ0) is 18.2. The van der Waals surface area contributed by atoms with Crippen molar-refractivity contribution in [1.29, 1.82) is 0 Å². The molecule has 0 fully saturated rings. The minimum Gasteiger partial charge on any atom is -0.469 e. The Balaban J connectivity index is 1.75. The SMILES string of the molecule is COC(=O)CCCCCNC(=S)Nc1cnc2c(cnn2C(C)C)c1. The molecule has 0 aliphatic carbocycles. The van der Waals surface area contributed by atoms with Crippen LogP contribution < -0.4 is 10.6 Å². The van der Waals surface area contributed by atoms with Crippen LogP contribution in [0.4, 0.5) is 5.69 Å². The Kier molecular flexibility index (Phi) is 7.12. The van der Waals surface area contributed by atoms with Gasteiger partial charge >= 0.3 is 5.97 Å². The molecule has 0 atom stereocenters. The van der Waals surface area contributed by atoms with Crippen molar-refractivity contribution >= 4 is 40.0 Å². The maximum Gasteiger partial charge on any atom is 0.305 e. The molecule has 2 aromatic heterocycles. The first-order valence-corrected chi connectivity index (χ1v) is 8.87. The van der Waals surface area contributed by atoms with Crippen LogP contribution in [0.2, 0.25) is 0 Å². The molecular weight excluding hydrogens is 338 g/mol. The molecule has 0 saturated heterocycles. The summed E-state index contributed by atoms with van der Waals surface area (Å²) in [6.45, 7) is 4.91. The van der Waals surface area contributed by atoms with Crippen LogP contribution in [0.25, 0.3) is 11.0 Å². The van der Waals surface area contributed by atoms with Crippen molar-refractivity contribution in [3.05, 3.63) is 18.5 Å². The van der Waals surface area contributed by atoms with E-state index in [1.807, 2.05) is 16.9 Å². The van der Waals surface area contributed by atoms with Gasteiger partial charge in [-0.05, 0) is 45.0 Å². The van der Waals surface area contributed by atoms with E-state index in [2.05, 4.69) is 39.3 Å². The van der Waals surface area contributed by atoms with Crippen molar-refractivity contribution in [3.63, 3.8) is 0 Å². The molecule has 7 nitrogen and oxygen atoms in total. The number of rotatable bonds is 8. The Bertz CT molecular complexity index is 729. The fraction of sp³-hybridized carbons (Fsp3) is 0.529. The third kappa shape index (κ3) is 5.67. The fourth-order valence-electron chi connectivity index (χ4n) is 2.44. The Hall–Kier alpha value is -2.22. The van der Waals surface area contributed by atoms with Crippen molar-refractivity contribution in [1.82, 2.24) is 20.1 Å². The summed E-state index contributed by atoms with van der Waals surface area (Å²) in [6.07, 6.45) is 6.76. The third-order valence-corrected chi connectivity index (χ3v) is 4.00. The van der Waals surface area contributed by atoms with Crippen LogP contribution in [0.5, 0.6) is 0 Å². The number of methoxy groups -OCH3 is 1. The number of carbonyl (C=O) groups is 1. The molecule has 0 saturated carbocycles. The Morgan fingerprint density at radius 3 is 2.84 bits per heavy atom. The molecule has 2 N–H and O–H groups in total. The first-order valence-electron chi connectivity index (χ1n) is 8.46. The number of anilines is 1. The van der Waals surface area contributed by atoms with Crippen molar-refractivity contribution < 1.29 is 9.53 Å². The van der Waals surface area contributed by atoms with E-state index in [0.717, 1.165) is 42.5 Å². The maximum absolute atomic E-state index is 11.0. The molecular formula is C17H25N5O2S. The van der Waals surface area contributed by atoms with E-state index >= 15 is 0 Å². The van der Waals surface area contributed by atoms with E-state index in [0.29, 0.717) is 11.5 Å². The second kappa shape index (κ2) is 9.31. The second-order valence-electron chi connectivity index (χ2n) is 6.09. The van der Waals surface area contributed by atoms with Crippen molar-refractivity contribution in [2.24, 2.45) is 0 Å². The topological polar surface area (TPSA) is 81.1 Å². The highest BCUT2D eigenvalue weighted by Crippen LogP contribution is 2.18. The van der Waals surface area contributed by atoms with Crippen LogP contribution in [0.3, 0.4) is 0 Å². The maximum atomic E-state index is 11.0. The number of esters is 1. The molecule has 2 heterocycles. The number of pyridine rings is 1. The van der Waals surface area contributed by atoms with Crippen LogP contribution in [-0.4, -0.2) is 39.5 Å². The quantitative estimate of drug-likeness (QED) is 0.424. The zero-order valence-corrected chi connectivity index (χ0v) is 15.7. The number of nitrogens with zero attached hydrogens (tertiary/aromatic N) is 3. The Morgan fingerprint density at radius 1 is 1.32 bits per heavy atom. The average Bonchev–Trinajstić information content (AvgIpc) is 3.01. The van der Waals surface area contributed by atoms with Gasteiger partial charge in [-0.25, -0.2) is 9.67 Å². The number of aromatic nitrogens is 3. The lowest BCUT2D eigenvalue weighted by Crippen LogP contribution is -2.29. The fourth-order valence-corrected chi connectivity index (χ4v) is 2.66. The van der Waals surface area contributed by atoms with Crippen LogP contribution in [0, 0.1) is 0 Å². The molecule has 0 aliphatic rings. The monoisotopic (exact) mass is 363 g/mol. The lowest BCUT2D eigenvalue weighted by Gasteiger charge is -2.11. The molecule has 0 bridgehead atoms. The van der Waals surface area contributed by atoms with E-state index in [1.165, 1.54) is 7.11 Å². The van der Waals surface area contributed by atoms with Crippen LogP contribution in [0.15, 0.2) is 18.5 Å². The van der Waals surface area contributed by atoms with E-state index in [-0.39, 0.29) is 12.0 Å². The first-order chi connectivity index (χ1) is 12.0. The Morgan fingerprint density at radius 2 is 2.12 bits per heavy atom. The van der Waals surface area contributed by atoms with Gasteiger partial charge in [0.1, 0.15) is 0 Å². The van der Waals surface area contributed by atoms with E-state index in [4.69, 9.17) is 12.2 Å². The van der Waals surface area contributed by atoms with Crippen molar-refractivity contribution in [2.45, 2.75) is 45.6 Å². The summed E-state index contributed by atoms with van der Waals surface area (Å²) in [6, 6.07) is 2.25. The van der Waals surface area contributed by atoms with E-state index < -0.39 is 0 Å². The number of carbonyl (C=O) groups excluding carboxylic acids is 1. The predicted molar refractivity (Wildman–Crippen MR) is 103 cm³/mol. The minimum absolute atomic E-state index is 0.158. The molecule has 0 aromatic carbocycles. The molecule has 25 heavy (non-hydrogen) atoms. The highest BCUT2D eigenvalue weighted by molar-refractivity contribution is 7.80. The summed E-state index contributed by atoms with van der Waals surface area (Å²) in [5, 5.41) is 12.2. The Labute approximate surface area is 153 Å². The highest BCUT2D eigenvalue weighted by atomic mass is 32.1. The predicted octanol–water partition coefficient (Wildman–Crippen LogP) is 3.03. The molecule has 8 heteroatoms. The number of fused-ring (bicyclic) bond motifs is 1. The van der Waals surface area contributed by atoms with Crippen molar-refractivity contribution in [3.8, 4) is 0 Å². The van der Waals surface area contributed by atoms with Gasteiger partial charge in [-0.15, -0.1) is 0 Å². The third-order valence-electron chi connectivity index (χ3n) is 3.75. The van der Waals surface area contributed by atoms with Crippen LogP contribution in [-0.2, 0) is 9.53 Å². The van der Waals surface area contributed by atoms with Gasteiger partial charge in [-0.3, -0.25) is 4.79 Å². The van der Waals surface area contributed by atoms with Crippen LogP contribution in [0.1, 0.15) is 45.6 Å².